The fourth-order valence-electron chi connectivity index (χ4n) is 2.17. The molecule has 0 unspecified atom stereocenters. The fourth-order valence-corrected chi connectivity index (χ4v) is 2.56. The molecular formula is C17H12BrNO4. The Labute approximate surface area is 140 Å². The second-order valence-corrected chi connectivity index (χ2v) is 5.33. The van der Waals surface area contributed by atoms with Gasteiger partial charge in [-0.25, -0.2) is 4.79 Å². The number of nitrogens with one attached hydrogen (secondary N) is 1. The molecule has 0 saturated heterocycles. The van der Waals surface area contributed by atoms with Crippen LogP contribution in [0.1, 0.15) is 16.1 Å². The van der Waals surface area contributed by atoms with Gasteiger partial charge in [0, 0.05) is 28.7 Å². The second-order valence-electron chi connectivity index (χ2n) is 4.87. The number of esters is 1. The number of ether oxygens (including phenoxy) is 1. The van der Waals surface area contributed by atoms with Crippen molar-refractivity contribution in [2.75, 3.05) is 5.32 Å². The third-order valence-corrected chi connectivity index (χ3v) is 3.69. The number of hydrogen-bond donors (Lipinski definition) is 1. The smallest absolute Gasteiger partial charge is 0.336 e. The number of furan rings is 1. The van der Waals surface area contributed by atoms with Crippen molar-refractivity contribution >= 4 is 33.5 Å². The van der Waals surface area contributed by atoms with Gasteiger partial charge in [0.05, 0.1) is 6.26 Å². The van der Waals surface area contributed by atoms with Crippen LogP contribution < -0.4 is 5.32 Å². The number of rotatable bonds is 4. The second kappa shape index (κ2) is 6.66. The number of hydrogen-bond acceptors (Lipinski definition) is 4. The third-order valence-electron chi connectivity index (χ3n) is 3.27. The van der Waals surface area contributed by atoms with Crippen LogP contribution in [0.5, 0.6) is 0 Å². The van der Waals surface area contributed by atoms with Crippen molar-refractivity contribution in [1.29, 1.82) is 0 Å². The fraction of sp³-hybridized carbons (Fsp3) is 0.0588. The van der Waals surface area contributed by atoms with Gasteiger partial charge in [0.15, 0.2) is 5.76 Å². The number of halogens is 1. The van der Waals surface area contributed by atoms with Crippen LogP contribution in [0.15, 0.2) is 69.5 Å². The number of amides is 1. The summed E-state index contributed by atoms with van der Waals surface area (Å²) in [4.78, 5) is 24.7. The molecule has 116 valence electrons. The Morgan fingerprint density at radius 1 is 1.22 bits per heavy atom. The molecule has 0 spiro atoms. The number of carbonyl (C=O) groups is 2. The van der Waals surface area contributed by atoms with Crippen molar-refractivity contribution in [1.82, 2.24) is 0 Å². The maximum atomic E-state index is 11.9. The minimum absolute atomic E-state index is 0.257. The van der Waals surface area contributed by atoms with Gasteiger partial charge in [-0.15, -0.1) is 0 Å². The molecule has 1 aliphatic heterocycles. The number of cyclic esters (lactones) is 1. The first-order valence-corrected chi connectivity index (χ1v) is 7.74. The van der Waals surface area contributed by atoms with Crippen molar-refractivity contribution in [2.45, 2.75) is 6.42 Å². The number of carbonyl (C=O) groups excluding carboxylic acids is 2. The normalized spacial score (nSPS) is 15.4. The largest absolute Gasteiger partial charge is 0.459 e. The van der Waals surface area contributed by atoms with E-state index in [2.05, 4.69) is 21.2 Å². The van der Waals surface area contributed by atoms with Gasteiger partial charge in [-0.1, -0.05) is 28.1 Å². The van der Waals surface area contributed by atoms with Crippen molar-refractivity contribution < 1.29 is 18.7 Å². The summed E-state index contributed by atoms with van der Waals surface area (Å²) in [5, 5.41) is 2.75. The molecule has 1 aliphatic rings. The molecule has 0 saturated carbocycles. The van der Waals surface area contributed by atoms with Crippen molar-refractivity contribution in [3.8, 4) is 0 Å². The topological polar surface area (TPSA) is 68.5 Å². The van der Waals surface area contributed by atoms with Crippen LogP contribution in [-0.4, -0.2) is 11.9 Å². The van der Waals surface area contributed by atoms with Gasteiger partial charge < -0.3 is 14.5 Å². The van der Waals surface area contributed by atoms with E-state index in [0.717, 1.165) is 11.1 Å². The molecule has 1 N–H and O–H groups in total. The summed E-state index contributed by atoms with van der Waals surface area (Å²) in [6.45, 7) is 0. The lowest BCUT2D eigenvalue weighted by Gasteiger charge is -2.06. The Morgan fingerprint density at radius 2 is 2.00 bits per heavy atom. The third kappa shape index (κ3) is 3.60. The van der Waals surface area contributed by atoms with Crippen molar-refractivity contribution in [2.24, 2.45) is 0 Å². The van der Waals surface area contributed by atoms with Crippen molar-refractivity contribution in [3.05, 3.63) is 76.4 Å². The average Bonchev–Trinajstić information content (AvgIpc) is 3.19. The predicted octanol–water partition coefficient (Wildman–Crippen LogP) is 3.79. The minimum atomic E-state index is -0.368. The van der Waals surface area contributed by atoms with E-state index in [1.54, 1.807) is 29.3 Å². The molecule has 0 atom stereocenters. The highest BCUT2D eigenvalue weighted by molar-refractivity contribution is 9.11. The first kappa shape index (κ1) is 15.3. The summed E-state index contributed by atoms with van der Waals surface area (Å²) in [6, 6.07) is 10.6. The van der Waals surface area contributed by atoms with Gasteiger partial charge >= 0.3 is 5.97 Å². The van der Waals surface area contributed by atoms with E-state index in [1.807, 2.05) is 12.1 Å². The van der Waals surface area contributed by atoms with E-state index in [9.17, 15) is 9.59 Å². The van der Waals surface area contributed by atoms with Gasteiger partial charge in [0.2, 0.25) is 0 Å². The van der Waals surface area contributed by atoms with Crippen LogP contribution >= 0.6 is 15.9 Å². The first-order valence-electron chi connectivity index (χ1n) is 6.82. The summed E-state index contributed by atoms with van der Waals surface area (Å²) in [5.41, 5.74) is 2.47. The molecule has 1 aromatic heterocycles. The van der Waals surface area contributed by atoms with Crippen molar-refractivity contribution in [3.63, 3.8) is 0 Å². The molecule has 0 radical (unpaired) electrons. The molecule has 1 aromatic carbocycles. The lowest BCUT2D eigenvalue weighted by Crippen LogP contribution is -2.10. The molecule has 23 heavy (non-hydrogen) atoms. The van der Waals surface area contributed by atoms with E-state index in [4.69, 9.17) is 9.15 Å². The summed E-state index contributed by atoms with van der Waals surface area (Å²) in [7, 11) is 0. The molecule has 3 rings (SSSR count). The number of anilines is 1. The van der Waals surface area contributed by atoms with Gasteiger partial charge in [0.25, 0.3) is 5.91 Å². The maximum absolute atomic E-state index is 11.9. The minimum Gasteiger partial charge on any atom is -0.459 e. The predicted molar refractivity (Wildman–Crippen MR) is 88.0 cm³/mol. The average molecular weight is 374 g/mol. The summed E-state index contributed by atoms with van der Waals surface area (Å²) in [5.74, 6) is 0.107. The standard InChI is InChI=1S/C17H12BrNO4/c18-10-15-12(9-16(20)23-15)8-11-3-5-13(6-4-11)19-17(21)14-2-1-7-22-14/h1-7,9-10H,8H2,(H,19,21)/b15-10+. The van der Waals surface area contributed by atoms with E-state index >= 15 is 0 Å². The van der Waals surface area contributed by atoms with Gasteiger partial charge in [-0.2, -0.15) is 0 Å². The Morgan fingerprint density at radius 3 is 2.65 bits per heavy atom. The lowest BCUT2D eigenvalue weighted by atomic mass is 10.0. The Kier molecular flexibility index (Phi) is 4.43. The quantitative estimate of drug-likeness (QED) is 0.827. The van der Waals surface area contributed by atoms with E-state index in [0.29, 0.717) is 17.9 Å². The summed E-state index contributed by atoms with van der Waals surface area (Å²) < 4.78 is 10.1. The van der Waals surface area contributed by atoms with E-state index < -0.39 is 0 Å². The molecular weight excluding hydrogens is 362 g/mol. The van der Waals surface area contributed by atoms with Crippen LogP contribution in [0.25, 0.3) is 0 Å². The van der Waals surface area contributed by atoms with Gasteiger partial charge in [0.1, 0.15) is 5.76 Å². The Bertz CT molecular complexity index is 789. The summed E-state index contributed by atoms with van der Waals surface area (Å²) in [6.07, 6.45) is 3.49. The molecule has 5 nitrogen and oxygen atoms in total. The molecule has 2 aromatic rings. The molecule has 0 fully saturated rings. The highest BCUT2D eigenvalue weighted by Gasteiger charge is 2.19. The molecule has 0 aliphatic carbocycles. The number of benzene rings is 1. The van der Waals surface area contributed by atoms with Crippen LogP contribution in [0.2, 0.25) is 0 Å². The van der Waals surface area contributed by atoms with Gasteiger partial charge in [-0.05, 0) is 29.8 Å². The zero-order valence-electron chi connectivity index (χ0n) is 11.9. The number of allylic oxidation sites excluding steroid dienone is 1. The van der Waals surface area contributed by atoms with Crippen LogP contribution in [0, 0.1) is 0 Å². The first-order chi connectivity index (χ1) is 11.2. The van der Waals surface area contributed by atoms with Crippen LogP contribution in [0.4, 0.5) is 5.69 Å². The Balaban J connectivity index is 1.67. The van der Waals surface area contributed by atoms with E-state index in [1.165, 1.54) is 12.3 Å². The molecule has 6 heteroatoms. The monoisotopic (exact) mass is 373 g/mol. The van der Waals surface area contributed by atoms with E-state index in [-0.39, 0.29) is 17.6 Å². The SMILES string of the molecule is O=C1C=C(Cc2ccc(NC(=O)c3ccco3)cc2)/C(=C\Br)O1. The lowest BCUT2D eigenvalue weighted by molar-refractivity contribution is -0.132. The summed E-state index contributed by atoms with van der Waals surface area (Å²) >= 11 is 3.18. The Hall–Kier alpha value is -2.60. The van der Waals surface area contributed by atoms with Crippen LogP contribution in [0.3, 0.4) is 0 Å². The highest BCUT2D eigenvalue weighted by Crippen LogP contribution is 2.25. The maximum Gasteiger partial charge on any atom is 0.336 e. The zero-order valence-corrected chi connectivity index (χ0v) is 13.5. The highest BCUT2D eigenvalue weighted by atomic mass is 79.9. The van der Waals surface area contributed by atoms with Gasteiger partial charge in [-0.3, -0.25) is 4.79 Å². The molecule has 1 amide bonds. The van der Waals surface area contributed by atoms with Crippen LogP contribution in [-0.2, 0) is 16.0 Å². The molecule has 0 bridgehead atoms. The molecule has 2 heterocycles. The zero-order chi connectivity index (χ0) is 16.2.